The summed E-state index contributed by atoms with van der Waals surface area (Å²) in [6.45, 7) is 0.525. The fourth-order valence-electron chi connectivity index (χ4n) is 1.33. The highest BCUT2D eigenvalue weighted by atomic mass is 16.5. The maximum absolute atomic E-state index is 11.1. The third-order valence-electron chi connectivity index (χ3n) is 2.01. The number of rotatable bonds is 1. The van der Waals surface area contributed by atoms with Gasteiger partial charge in [-0.1, -0.05) is 30.3 Å². The molecule has 0 amide bonds. The molecule has 2 nitrogen and oxygen atoms in total. The van der Waals surface area contributed by atoms with Crippen LogP contribution in [0, 0.1) is 0 Å². The number of esters is 1. The minimum absolute atomic E-state index is 0.177. The zero-order valence-corrected chi connectivity index (χ0v) is 7.19. The lowest BCUT2D eigenvalue weighted by atomic mass is 10.1. The van der Waals surface area contributed by atoms with Crippen molar-refractivity contribution in [1.82, 2.24) is 0 Å². The van der Waals surface area contributed by atoms with Crippen LogP contribution < -0.4 is 0 Å². The predicted octanol–water partition coefficient (Wildman–Crippen LogP) is 2.02. The Balaban J connectivity index is 2.25. The van der Waals surface area contributed by atoms with Gasteiger partial charge in [0.1, 0.15) is 0 Å². The molecule has 0 aromatic heterocycles. The summed E-state index contributed by atoms with van der Waals surface area (Å²) >= 11 is 0. The van der Waals surface area contributed by atoms with Crippen molar-refractivity contribution >= 4 is 12.0 Å². The second kappa shape index (κ2) is 3.44. The lowest BCUT2D eigenvalue weighted by Gasteiger charge is -1.93. The highest BCUT2D eigenvalue weighted by Gasteiger charge is 2.17. The van der Waals surface area contributed by atoms with Crippen LogP contribution in [0.15, 0.2) is 35.9 Å². The van der Waals surface area contributed by atoms with Crippen molar-refractivity contribution in [3.8, 4) is 0 Å². The Kier molecular flexibility index (Phi) is 2.13. The maximum Gasteiger partial charge on any atom is 0.334 e. The van der Waals surface area contributed by atoms with Crippen LogP contribution in [0.2, 0.25) is 0 Å². The summed E-state index contributed by atoms with van der Waals surface area (Å²) in [5, 5.41) is 0. The van der Waals surface area contributed by atoms with E-state index in [1.807, 2.05) is 36.4 Å². The average molecular weight is 174 g/mol. The number of cyclic esters (lactones) is 1. The van der Waals surface area contributed by atoms with Crippen molar-refractivity contribution in [3.63, 3.8) is 0 Å². The van der Waals surface area contributed by atoms with Crippen molar-refractivity contribution < 1.29 is 9.53 Å². The van der Waals surface area contributed by atoms with Gasteiger partial charge >= 0.3 is 5.97 Å². The molecule has 1 saturated heterocycles. The third-order valence-corrected chi connectivity index (χ3v) is 2.01. The van der Waals surface area contributed by atoms with Crippen LogP contribution in [0.25, 0.3) is 6.08 Å². The number of carbonyl (C=O) groups is 1. The normalized spacial score (nSPS) is 19.1. The summed E-state index contributed by atoms with van der Waals surface area (Å²) in [7, 11) is 0. The van der Waals surface area contributed by atoms with E-state index in [0.717, 1.165) is 17.6 Å². The molecular formula is C11H10O2. The van der Waals surface area contributed by atoms with Gasteiger partial charge < -0.3 is 4.74 Å². The Morgan fingerprint density at radius 3 is 2.62 bits per heavy atom. The third kappa shape index (κ3) is 1.78. The monoisotopic (exact) mass is 174 g/mol. The number of ether oxygens (including phenoxy) is 1. The van der Waals surface area contributed by atoms with Crippen LogP contribution >= 0.6 is 0 Å². The molecule has 13 heavy (non-hydrogen) atoms. The maximum atomic E-state index is 11.1. The van der Waals surface area contributed by atoms with Gasteiger partial charge in [0.05, 0.1) is 6.61 Å². The molecule has 0 radical (unpaired) electrons. The first-order valence-corrected chi connectivity index (χ1v) is 4.29. The van der Waals surface area contributed by atoms with E-state index in [4.69, 9.17) is 4.74 Å². The largest absolute Gasteiger partial charge is 0.462 e. The van der Waals surface area contributed by atoms with E-state index in [9.17, 15) is 4.79 Å². The number of benzene rings is 1. The fraction of sp³-hybridized carbons (Fsp3) is 0.182. The molecule has 0 unspecified atom stereocenters. The quantitative estimate of drug-likeness (QED) is 0.481. The van der Waals surface area contributed by atoms with Gasteiger partial charge in [0.25, 0.3) is 0 Å². The van der Waals surface area contributed by atoms with Gasteiger partial charge in [0.15, 0.2) is 0 Å². The smallest absolute Gasteiger partial charge is 0.334 e. The molecule has 0 spiro atoms. The van der Waals surface area contributed by atoms with Crippen LogP contribution in [0.3, 0.4) is 0 Å². The van der Waals surface area contributed by atoms with Gasteiger partial charge in [-0.2, -0.15) is 0 Å². The topological polar surface area (TPSA) is 26.3 Å². The number of hydrogen-bond donors (Lipinski definition) is 0. The van der Waals surface area contributed by atoms with Crippen molar-refractivity contribution in [3.05, 3.63) is 41.5 Å². The molecule has 1 heterocycles. The van der Waals surface area contributed by atoms with E-state index in [-0.39, 0.29) is 5.97 Å². The van der Waals surface area contributed by atoms with Gasteiger partial charge in [0.2, 0.25) is 0 Å². The van der Waals surface area contributed by atoms with E-state index in [0.29, 0.717) is 6.61 Å². The second-order valence-electron chi connectivity index (χ2n) is 2.97. The SMILES string of the molecule is O=C1OCCC1=Cc1ccccc1. The minimum atomic E-state index is -0.177. The lowest BCUT2D eigenvalue weighted by molar-refractivity contribution is -0.134. The van der Waals surface area contributed by atoms with Crippen molar-refractivity contribution in [2.45, 2.75) is 6.42 Å². The predicted molar refractivity (Wildman–Crippen MR) is 50.0 cm³/mol. The lowest BCUT2D eigenvalue weighted by Crippen LogP contribution is -1.93. The van der Waals surface area contributed by atoms with Crippen LogP contribution in [-0.2, 0) is 9.53 Å². The number of carbonyl (C=O) groups excluding carboxylic acids is 1. The molecule has 0 aliphatic carbocycles. The standard InChI is InChI=1S/C11H10O2/c12-11-10(6-7-13-11)8-9-4-2-1-3-5-9/h1-5,8H,6-7H2. The Hall–Kier alpha value is -1.57. The zero-order chi connectivity index (χ0) is 9.10. The van der Waals surface area contributed by atoms with Crippen molar-refractivity contribution in [2.24, 2.45) is 0 Å². The van der Waals surface area contributed by atoms with Crippen LogP contribution in [0.1, 0.15) is 12.0 Å². The molecule has 1 aliphatic rings. The van der Waals surface area contributed by atoms with E-state index in [2.05, 4.69) is 0 Å². The molecule has 0 bridgehead atoms. The molecule has 1 fully saturated rings. The molecule has 1 aromatic rings. The summed E-state index contributed by atoms with van der Waals surface area (Å²) in [5.41, 5.74) is 1.82. The van der Waals surface area contributed by atoms with Gasteiger partial charge in [-0.3, -0.25) is 0 Å². The van der Waals surface area contributed by atoms with E-state index < -0.39 is 0 Å². The van der Waals surface area contributed by atoms with Crippen molar-refractivity contribution in [2.75, 3.05) is 6.61 Å². The Morgan fingerprint density at radius 2 is 2.00 bits per heavy atom. The molecule has 0 atom stereocenters. The number of hydrogen-bond acceptors (Lipinski definition) is 2. The van der Waals surface area contributed by atoms with Gasteiger partial charge in [-0.25, -0.2) is 4.79 Å². The minimum Gasteiger partial charge on any atom is -0.462 e. The van der Waals surface area contributed by atoms with E-state index in [1.54, 1.807) is 0 Å². The Bertz CT molecular complexity index is 338. The summed E-state index contributed by atoms with van der Waals surface area (Å²) in [6, 6.07) is 9.80. The molecule has 1 aliphatic heterocycles. The van der Waals surface area contributed by atoms with Crippen molar-refractivity contribution in [1.29, 1.82) is 0 Å². The zero-order valence-electron chi connectivity index (χ0n) is 7.19. The fourth-order valence-corrected chi connectivity index (χ4v) is 1.33. The molecule has 2 heteroatoms. The summed E-state index contributed by atoms with van der Waals surface area (Å²) < 4.78 is 4.83. The van der Waals surface area contributed by atoms with Gasteiger partial charge in [0, 0.05) is 12.0 Å². The molecule has 1 aromatic carbocycles. The summed E-state index contributed by atoms with van der Waals surface area (Å²) in [6.07, 6.45) is 2.61. The highest BCUT2D eigenvalue weighted by Crippen LogP contribution is 2.16. The first-order chi connectivity index (χ1) is 6.36. The summed E-state index contributed by atoms with van der Waals surface area (Å²) in [5.74, 6) is -0.177. The Morgan fingerprint density at radius 1 is 1.23 bits per heavy atom. The molecule has 0 N–H and O–H groups in total. The van der Waals surface area contributed by atoms with Gasteiger partial charge in [-0.15, -0.1) is 0 Å². The van der Waals surface area contributed by atoms with Crippen LogP contribution in [-0.4, -0.2) is 12.6 Å². The first-order valence-electron chi connectivity index (χ1n) is 4.29. The van der Waals surface area contributed by atoms with Crippen LogP contribution in [0.4, 0.5) is 0 Å². The van der Waals surface area contributed by atoms with E-state index in [1.165, 1.54) is 0 Å². The van der Waals surface area contributed by atoms with E-state index >= 15 is 0 Å². The average Bonchev–Trinajstić information content (AvgIpc) is 2.54. The molecule has 66 valence electrons. The van der Waals surface area contributed by atoms with Gasteiger partial charge in [-0.05, 0) is 11.6 Å². The highest BCUT2D eigenvalue weighted by molar-refractivity contribution is 5.95. The first kappa shape index (κ1) is 8.05. The molecular weight excluding hydrogens is 164 g/mol. The van der Waals surface area contributed by atoms with Crippen LogP contribution in [0.5, 0.6) is 0 Å². The molecule has 0 saturated carbocycles. The molecule has 2 rings (SSSR count). The second-order valence-corrected chi connectivity index (χ2v) is 2.97. The Labute approximate surface area is 76.8 Å². The summed E-state index contributed by atoms with van der Waals surface area (Å²) in [4.78, 5) is 11.1.